The quantitative estimate of drug-likeness (QED) is 0.514. The fourth-order valence-electron chi connectivity index (χ4n) is 4.46. The number of rotatable bonds is 5. The first-order valence-corrected chi connectivity index (χ1v) is 13.1. The Morgan fingerprint density at radius 1 is 1.03 bits per heavy atom. The molecule has 160 valence electrons. The lowest BCUT2D eigenvalue weighted by molar-refractivity contribution is 0.355. The number of nitrogens with one attached hydrogen (secondary N) is 1. The van der Waals surface area contributed by atoms with Gasteiger partial charge in [-0.25, -0.2) is 18.1 Å². The van der Waals surface area contributed by atoms with Crippen LogP contribution in [0.3, 0.4) is 0 Å². The largest absolute Gasteiger partial charge is 0.249 e. The lowest BCUT2D eigenvalue weighted by Crippen LogP contribution is -2.40. The van der Waals surface area contributed by atoms with E-state index in [0.29, 0.717) is 10.8 Å². The second-order valence-electron chi connectivity index (χ2n) is 9.35. The predicted molar refractivity (Wildman–Crippen MR) is 125 cm³/mol. The normalized spacial score (nSPS) is 16.2. The minimum atomic E-state index is -3.63. The van der Waals surface area contributed by atoms with Crippen molar-refractivity contribution >= 4 is 32.1 Å². The van der Waals surface area contributed by atoms with E-state index in [1.165, 1.54) is 37.0 Å². The van der Waals surface area contributed by atoms with E-state index in [0.717, 1.165) is 28.5 Å². The molecule has 0 saturated heterocycles. The molecule has 1 N–H and O–H groups in total. The first kappa shape index (κ1) is 21.5. The van der Waals surface area contributed by atoms with Gasteiger partial charge in [0.2, 0.25) is 10.0 Å². The van der Waals surface area contributed by atoms with E-state index in [4.69, 9.17) is 4.98 Å². The molecule has 0 atom stereocenters. The van der Waals surface area contributed by atoms with E-state index in [1.54, 1.807) is 17.4 Å². The van der Waals surface area contributed by atoms with Gasteiger partial charge < -0.3 is 0 Å². The molecular weight excluding hydrogens is 412 g/mol. The average Bonchev–Trinajstić information content (AvgIpc) is 3.14. The maximum Gasteiger partial charge on any atom is 0.241 e. The molecule has 0 aliphatic heterocycles. The fraction of sp³-hybridized carbons (Fsp3) is 0.458. The number of sulfonamides is 1. The molecular formula is C24H30N2O2S2. The molecule has 1 aliphatic rings. The van der Waals surface area contributed by atoms with Gasteiger partial charge in [0, 0.05) is 16.5 Å². The molecule has 1 fully saturated rings. The second kappa shape index (κ2) is 8.40. The predicted octanol–water partition coefficient (Wildman–Crippen LogP) is 6.16. The van der Waals surface area contributed by atoms with Crippen LogP contribution in [0.1, 0.15) is 58.6 Å². The number of hydrogen-bond donors (Lipinski definition) is 1. The number of benzene rings is 2. The van der Waals surface area contributed by atoms with Gasteiger partial charge in [-0.1, -0.05) is 62.4 Å². The van der Waals surface area contributed by atoms with Gasteiger partial charge in [-0.2, -0.15) is 0 Å². The van der Waals surface area contributed by atoms with E-state index in [-0.39, 0.29) is 0 Å². The zero-order valence-electron chi connectivity index (χ0n) is 17.9. The summed E-state index contributed by atoms with van der Waals surface area (Å²) in [5.41, 5.74) is 3.62. The third-order valence-corrected chi connectivity index (χ3v) is 8.42. The van der Waals surface area contributed by atoms with Crippen LogP contribution in [-0.4, -0.2) is 18.9 Å². The van der Waals surface area contributed by atoms with Crippen LogP contribution in [0.4, 0.5) is 0 Å². The average molecular weight is 443 g/mol. The van der Waals surface area contributed by atoms with Crippen molar-refractivity contribution in [3.63, 3.8) is 0 Å². The van der Waals surface area contributed by atoms with Crippen molar-refractivity contribution in [2.24, 2.45) is 5.92 Å². The Labute approximate surface area is 183 Å². The summed E-state index contributed by atoms with van der Waals surface area (Å²) in [6, 6.07) is 11.5. The summed E-state index contributed by atoms with van der Waals surface area (Å²) in [6.07, 6.45) is 7.57. The summed E-state index contributed by atoms with van der Waals surface area (Å²) in [5.74, 6) is 0.710. The standard InChI is InChI=1S/C24H30N2O2S2/c1-24(2,3)26-30(27,28)22-14-13-20(18-11-7-8-12-19(18)22)23-21(25-16-29-23)15-17-9-5-4-6-10-17/h7-8,11-14,16-17,26H,4-6,9-10,15H2,1-3H3. The molecule has 4 nitrogen and oxygen atoms in total. The van der Waals surface area contributed by atoms with E-state index >= 15 is 0 Å². The topological polar surface area (TPSA) is 59.1 Å². The van der Waals surface area contributed by atoms with Gasteiger partial charge in [0.05, 0.1) is 21.0 Å². The van der Waals surface area contributed by atoms with E-state index < -0.39 is 15.6 Å². The van der Waals surface area contributed by atoms with Crippen molar-refractivity contribution in [3.05, 3.63) is 47.6 Å². The maximum atomic E-state index is 13.1. The molecule has 0 unspecified atom stereocenters. The number of thiazole rings is 1. The van der Waals surface area contributed by atoms with Gasteiger partial charge >= 0.3 is 0 Å². The van der Waals surface area contributed by atoms with Crippen molar-refractivity contribution in [1.29, 1.82) is 0 Å². The molecule has 4 rings (SSSR count). The molecule has 0 radical (unpaired) electrons. The van der Waals surface area contributed by atoms with Crippen LogP contribution in [0.2, 0.25) is 0 Å². The highest BCUT2D eigenvalue weighted by molar-refractivity contribution is 7.89. The minimum Gasteiger partial charge on any atom is -0.249 e. The Bertz CT molecular complexity index is 1140. The van der Waals surface area contributed by atoms with Gasteiger partial charge in [-0.3, -0.25) is 0 Å². The lowest BCUT2D eigenvalue weighted by Gasteiger charge is -2.22. The van der Waals surface area contributed by atoms with Crippen LogP contribution in [0.15, 0.2) is 46.8 Å². The Hall–Kier alpha value is -1.76. The molecule has 1 heterocycles. The summed E-state index contributed by atoms with van der Waals surface area (Å²) >= 11 is 1.65. The van der Waals surface area contributed by atoms with Crippen molar-refractivity contribution < 1.29 is 8.42 Å². The monoisotopic (exact) mass is 442 g/mol. The Morgan fingerprint density at radius 2 is 1.73 bits per heavy atom. The maximum absolute atomic E-state index is 13.1. The van der Waals surface area contributed by atoms with Crippen molar-refractivity contribution in [3.8, 4) is 10.4 Å². The van der Waals surface area contributed by atoms with Crippen molar-refractivity contribution in [1.82, 2.24) is 9.71 Å². The van der Waals surface area contributed by atoms with Crippen LogP contribution in [0.5, 0.6) is 0 Å². The number of aromatic nitrogens is 1. The Morgan fingerprint density at radius 3 is 2.43 bits per heavy atom. The van der Waals surface area contributed by atoms with E-state index in [2.05, 4.69) is 4.72 Å². The molecule has 0 amide bonds. The highest BCUT2D eigenvalue weighted by Crippen LogP contribution is 2.38. The fourth-order valence-corrected chi connectivity index (χ4v) is 6.95. The summed E-state index contributed by atoms with van der Waals surface area (Å²) in [7, 11) is -3.63. The van der Waals surface area contributed by atoms with Crippen LogP contribution in [-0.2, 0) is 16.4 Å². The third kappa shape index (κ3) is 4.61. The SMILES string of the molecule is CC(C)(C)NS(=O)(=O)c1ccc(-c2scnc2CC2CCCCC2)c2ccccc12. The first-order chi connectivity index (χ1) is 14.2. The van der Waals surface area contributed by atoms with Crippen LogP contribution in [0, 0.1) is 5.92 Å². The highest BCUT2D eigenvalue weighted by atomic mass is 32.2. The molecule has 1 saturated carbocycles. The summed E-state index contributed by atoms with van der Waals surface area (Å²) in [6.45, 7) is 5.57. The Kier molecular flexibility index (Phi) is 6.02. The van der Waals surface area contributed by atoms with Gasteiger partial charge in [0.15, 0.2) is 0 Å². The molecule has 6 heteroatoms. The molecule has 1 aliphatic carbocycles. The molecule has 0 bridgehead atoms. The van der Waals surface area contributed by atoms with Gasteiger partial charge in [0.1, 0.15) is 0 Å². The van der Waals surface area contributed by atoms with Crippen LogP contribution in [0.25, 0.3) is 21.2 Å². The molecule has 30 heavy (non-hydrogen) atoms. The van der Waals surface area contributed by atoms with Crippen molar-refractivity contribution in [2.75, 3.05) is 0 Å². The van der Waals surface area contributed by atoms with E-state index in [9.17, 15) is 8.42 Å². The summed E-state index contributed by atoms with van der Waals surface area (Å²) < 4.78 is 28.9. The third-order valence-electron chi connectivity index (χ3n) is 5.71. The summed E-state index contributed by atoms with van der Waals surface area (Å²) in [4.78, 5) is 6.20. The smallest absolute Gasteiger partial charge is 0.241 e. The second-order valence-corrected chi connectivity index (χ2v) is 11.9. The highest BCUT2D eigenvalue weighted by Gasteiger charge is 2.25. The number of fused-ring (bicyclic) bond motifs is 1. The molecule has 3 aromatic rings. The number of nitrogens with zero attached hydrogens (tertiary/aromatic N) is 1. The molecule has 1 aromatic heterocycles. The van der Waals surface area contributed by atoms with Crippen LogP contribution >= 0.6 is 11.3 Å². The minimum absolute atomic E-state index is 0.329. The van der Waals surface area contributed by atoms with E-state index in [1.807, 2.05) is 56.6 Å². The lowest BCUT2D eigenvalue weighted by atomic mass is 9.85. The first-order valence-electron chi connectivity index (χ1n) is 10.7. The van der Waals surface area contributed by atoms with Crippen LogP contribution < -0.4 is 4.72 Å². The van der Waals surface area contributed by atoms with Gasteiger partial charge in [-0.05, 0) is 44.6 Å². The van der Waals surface area contributed by atoms with Gasteiger partial charge in [-0.15, -0.1) is 11.3 Å². The molecule has 0 spiro atoms. The number of hydrogen-bond acceptors (Lipinski definition) is 4. The zero-order valence-corrected chi connectivity index (χ0v) is 19.6. The van der Waals surface area contributed by atoms with Crippen molar-refractivity contribution in [2.45, 2.75) is 69.7 Å². The zero-order chi connectivity index (χ0) is 21.4. The van der Waals surface area contributed by atoms with Gasteiger partial charge in [0.25, 0.3) is 0 Å². The molecule has 2 aromatic carbocycles. The Balaban J connectivity index is 1.77. The summed E-state index contributed by atoms with van der Waals surface area (Å²) in [5, 5.41) is 1.71.